The molecule has 17 nitrogen and oxygen atoms in total. The first kappa shape index (κ1) is 69.9. The zero-order valence-corrected chi connectivity index (χ0v) is 62.4. The Balaban J connectivity index is 0.000000118. The molecule has 0 amide bonds. The lowest BCUT2D eigenvalue weighted by Crippen LogP contribution is -2.31. The van der Waals surface area contributed by atoms with Crippen molar-refractivity contribution in [2.45, 2.75) is 49.0 Å². The normalized spacial score (nSPS) is 13.3. The largest absolute Gasteiger partial charge is 0.478 e. The molecule has 3 N–H and O–H groups in total. The van der Waals surface area contributed by atoms with Crippen LogP contribution in [0.25, 0.3) is 74.3 Å². The molecule has 14 aromatic rings. The number of fused-ring (bicyclic) bond motifs is 6. The molecule has 502 valence electrons. The molecule has 2 fully saturated rings. The maximum absolute atomic E-state index is 15.3. The van der Waals surface area contributed by atoms with E-state index in [1.165, 1.54) is 99.3 Å². The highest BCUT2D eigenvalue weighted by Gasteiger charge is 2.41. The average molecular weight is 1900 g/mol. The molecule has 0 radical (unpaired) electrons. The number of hydrogen-bond acceptors (Lipinski definition) is 15. The number of H-pyrrole nitrogens is 1. The fourth-order valence-corrected chi connectivity index (χ4v) is 18.4. The van der Waals surface area contributed by atoms with Crippen LogP contribution in [0.4, 0.5) is 40.8 Å². The van der Waals surface area contributed by atoms with Gasteiger partial charge < -0.3 is 10.1 Å². The summed E-state index contributed by atoms with van der Waals surface area (Å²) >= 11 is 12.6. The minimum absolute atomic E-state index is 0.00325. The molecular weight excluding hydrogens is 1860 g/mol. The standard InChI is InChI=1S/C17H10F2IN3O3S2.C17H13F2IN2O2S2.C15H8F2INO2S.C14H6F2IN3OS/c18-10-5-8(20)1-4-11(10)22-16-12(6-13-15(14(16)19)21-7-27-13)23(17(22)24)28(25,26)9-2-3-9;18-13-6-10(20)2-1-9(13)5-12-14(22-26(23,24)11-3-4-11)7-15-17(16(12)19)21-8-25-15;16-11-4-8(18)2-1-7(11)3-9-10(15(20)21)5-12-14(13(9)17)19-6-22-12;15-7-3-6(17)1-2-9(7)20-13-8(19-14(20)21)4-10-12(11(13)16)18-5-22-10/h1,4-7,9H,2-3H2;1-2,6-8,11,22H,3-5H2;1-2,4-6H,3H2,(H,20,21);1-5H,(H,19,21). The first-order valence-electron chi connectivity index (χ1n) is 28.4. The highest BCUT2D eigenvalue weighted by Crippen LogP contribution is 2.39. The molecule has 16 rings (SSSR count). The first-order valence-corrected chi connectivity index (χ1v) is 39.3. The number of hydrogen-bond donors (Lipinski definition) is 3. The molecule has 0 bridgehead atoms. The van der Waals surface area contributed by atoms with E-state index in [4.69, 9.17) is 0 Å². The van der Waals surface area contributed by atoms with E-state index in [1.807, 2.05) is 90.4 Å². The van der Waals surface area contributed by atoms with Gasteiger partial charge in [0.15, 0.2) is 23.3 Å². The zero-order valence-electron chi connectivity index (χ0n) is 48.9. The summed E-state index contributed by atoms with van der Waals surface area (Å²) in [6, 6.07) is 23.8. The van der Waals surface area contributed by atoms with E-state index in [-0.39, 0.29) is 90.8 Å². The van der Waals surface area contributed by atoms with E-state index >= 15 is 8.78 Å². The topological polar surface area (TPSA) is 234 Å². The molecule has 0 saturated heterocycles. The quantitative estimate of drug-likeness (QED) is 0.0765. The number of aromatic carboxylic acids is 1. The van der Waals surface area contributed by atoms with Crippen LogP contribution >= 0.6 is 136 Å². The Kier molecular flexibility index (Phi) is 19.8. The van der Waals surface area contributed by atoms with E-state index in [0.29, 0.717) is 70.2 Å². The van der Waals surface area contributed by atoms with Crippen molar-refractivity contribution in [1.82, 2.24) is 38.0 Å². The number of carboxylic acid groups (broad SMARTS) is 1. The Labute approximate surface area is 617 Å². The lowest BCUT2D eigenvalue weighted by atomic mass is 9.98. The van der Waals surface area contributed by atoms with Gasteiger partial charge >= 0.3 is 17.3 Å². The van der Waals surface area contributed by atoms with Gasteiger partial charge in [0, 0.05) is 38.2 Å². The number of carboxylic acids is 1. The summed E-state index contributed by atoms with van der Waals surface area (Å²) in [5.41, 5.74) is 5.09. The number of anilines is 1. The minimum atomic E-state index is -4.02. The minimum Gasteiger partial charge on any atom is -0.478 e. The third kappa shape index (κ3) is 13.6. The number of aromatic amines is 1. The lowest BCUT2D eigenvalue weighted by molar-refractivity contribution is 0.0695. The lowest BCUT2D eigenvalue weighted by Gasteiger charge is -2.14. The highest BCUT2D eigenvalue weighted by molar-refractivity contribution is 14.1. The van der Waals surface area contributed by atoms with E-state index in [9.17, 15) is 62.7 Å². The molecule has 0 atom stereocenters. The van der Waals surface area contributed by atoms with Crippen LogP contribution in [0.1, 0.15) is 58.3 Å². The maximum atomic E-state index is 15.3. The molecule has 2 aliphatic rings. The summed E-state index contributed by atoms with van der Waals surface area (Å²) in [5, 5.41) is 8.17. The van der Waals surface area contributed by atoms with Crippen molar-refractivity contribution in [2.24, 2.45) is 0 Å². The number of aromatic nitrogens is 8. The number of thiazole rings is 4. The second-order valence-corrected chi connectivity index (χ2v) is 34.5. The monoisotopic (exact) mass is 1900 g/mol. The first-order chi connectivity index (χ1) is 46.7. The molecule has 6 aromatic heterocycles. The molecule has 6 heterocycles. The number of nitrogens with one attached hydrogen (secondary N) is 2. The molecule has 0 unspecified atom stereocenters. The van der Waals surface area contributed by atoms with Crippen molar-refractivity contribution in [3.05, 3.63) is 229 Å². The Bertz CT molecular complexity index is 5990. The number of benzene rings is 8. The Morgan fingerprint density at radius 2 is 0.959 bits per heavy atom. The molecule has 2 aliphatic carbocycles. The van der Waals surface area contributed by atoms with Crippen LogP contribution in [0.2, 0.25) is 0 Å². The van der Waals surface area contributed by atoms with Crippen molar-refractivity contribution in [1.29, 1.82) is 0 Å². The number of rotatable bonds is 12. The zero-order chi connectivity index (χ0) is 69.5. The van der Waals surface area contributed by atoms with Crippen LogP contribution in [0, 0.1) is 60.8 Å². The van der Waals surface area contributed by atoms with Gasteiger partial charge in [0.25, 0.3) is 0 Å². The predicted molar refractivity (Wildman–Crippen MR) is 396 cm³/mol. The van der Waals surface area contributed by atoms with Crippen molar-refractivity contribution in [2.75, 3.05) is 4.72 Å². The molecule has 35 heteroatoms. The summed E-state index contributed by atoms with van der Waals surface area (Å²) in [4.78, 5) is 55.2. The molecule has 98 heavy (non-hydrogen) atoms. The maximum Gasteiger partial charge on any atom is 0.347 e. The Morgan fingerprint density at radius 3 is 1.45 bits per heavy atom. The number of halogens is 12. The van der Waals surface area contributed by atoms with Gasteiger partial charge in [0.1, 0.15) is 56.4 Å². The van der Waals surface area contributed by atoms with Crippen LogP contribution in [0.15, 0.2) is 129 Å². The van der Waals surface area contributed by atoms with Crippen molar-refractivity contribution >= 4 is 230 Å². The van der Waals surface area contributed by atoms with E-state index in [1.54, 1.807) is 42.5 Å². The van der Waals surface area contributed by atoms with Gasteiger partial charge in [-0.25, -0.2) is 86.3 Å². The number of sulfonamides is 1. The van der Waals surface area contributed by atoms with Gasteiger partial charge in [0.2, 0.25) is 20.0 Å². The van der Waals surface area contributed by atoms with Crippen LogP contribution in [-0.4, -0.2) is 76.4 Å². The summed E-state index contributed by atoms with van der Waals surface area (Å²) < 4.78 is 177. The van der Waals surface area contributed by atoms with Crippen LogP contribution in [-0.2, 0) is 32.9 Å². The summed E-state index contributed by atoms with van der Waals surface area (Å²) in [5.74, 6) is -6.33. The van der Waals surface area contributed by atoms with Crippen molar-refractivity contribution in [3.8, 4) is 11.4 Å². The van der Waals surface area contributed by atoms with E-state index in [2.05, 4.69) is 29.6 Å². The van der Waals surface area contributed by atoms with Gasteiger partial charge in [-0.15, -0.1) is 45.3 Å². The smallest absolute Gasteiger partial charge is 0.347 e. The second-order valence-electron chi connectivity index (χ2n) is 21.9. The second kappa shape index (κ2) is 27.7. The summed E-state index contributed by atoms with van der Waals surface area (Å²) in [7, 11) is -7.59. The Hall–Kier alpha value is -6.61. The van der Waals surface area contributed by atoms with Crippen molar-refractivity contribution < 1.29 is 61.9 Å². The molecule has 2 saturated carbocycles. The summed E-state index contributed by atoms with van der Waals surface area (Å²) in [6.45, 7) is 0. The molecule has 0 aliphatic heterocycles. The highest BCUT2D eigenvalue weighted by atomic mass is 127. The molecule has 0 spiro atoms. The third-order valence-electron chi connectivity index (χ3n) is 15.6. The average Bonchev–Trinajstić information content (AvgIpc) is 1.55. The van der Waals surface area contributed by atoms with Crippen LogP contribution in [0.5, 0.6) is 0 Å². The van der Waals surface area contributed by atoms with Gasteiger partial charge in [-0.3, -0.25) is 13.9 Å². The SMILES string of the molecule is O=C(O)c1cc2scnc2c(F)c1Cc1ccc(I)cc1F.O=S(=O)(Nc1cc2scnc2c(F)c1Cc1ccc(I)cc1F)C1CC1.O=c1[nH]c2cc3scnc3c(F)c2n1-c1ccc(I)cc1F.O=c1n(-c2ccc(I)cc2F)c2c(F)c3ncsc3cc2n1S(=O)(=O)C1CC1. The van der Waals surface area contributed by atoms with E-state index < -0.39 is 94.4 Å². The fraction of sp³-hybridized carbons (Fsp3) is 0.127. The predicted octanol–water partition coefficient (Wildman–Crippen LogP) is 16.6. The number of nitrogens with zero attached hydrogens (tertiary/aromatic N) is 7. The fourth-order valence-electron chi connectivity index (χ4n) is 10.6. The molecule has 8 aromatic carbocycles. The van der Waals surface area contributed by atoms with Crippen molar-refractivity contribution in [3.63, 3.8) is 0 Å². The van der Waals surface area contributed by atoms with Crippen LogP contribution in [0.3, 0.4) is 0 Å². The van der Waals surface area contributed by atoms with Crippen LogP contribution < -0.4 is 16.1 Å². The Morgan fingerprint density at radius 1 is 0.531 bits per heavy atom. The van der Waals surface area contributed by atoms with Gasteiger partial charge in [-0.1, -0.05) is 12.1 Å². The third-order valence-corrected chi connectivity index (χ3v) is 25.4. The van der Waals surface area contributed by atoms with Gasteiger partial charge in [-0.2, -0.15) is 3.97 Å². The number of carbonyl (C=O) groups is 1. The van der Waals surface area contributed by atoms with Gasteiger partial charge in [-0.05, 0) is 212 Å². The van der Waals surface area contributed by atoms with E-state index in [0.717, 1.165) is 35.4 Å². The summed E-state index contributed by atoms with van der Waals surface area (Å²) in [6.07, 6.45) is 1.87. The molecular formula is C63H37F8I4N9O8S6. The van der Waals surface area contributed by atoms with Gasteiger partial charge in [0.05, 0.1) is 85.0 Å². The number of imidazole rings is 2.